The highest BCUT2D eigenvalue weighted by atomic mass is 14.8. The third kappa shape index (κ3) is 3.16. The van der Waals surface area contributed by atoms with E-state index >= 15 is 0 Å². The minimum absolute atomic E-state index is 0.896. The maximum absolute atomic E-state index is 4.57. The molecule has 0 atom stereocenters. The first kappa shape index (κ1) is 13.4. The van der Waals surface area contributed by atoms with Gasteiger partial charge in [-0.3, -0.25) is 4.99 Å². The summed E-state index contributed by atoms with van der Waals surface area (Å²) in [6.07, 6.45) is 21.4. The zero-order chi connectivity index (χ0) is 15.5. The lowest BCUT2D eigenvalue weighted by Gasteiger charge is -1.92. The molecular weight excluding hydrogens is 284 g/mol. The number of hydrogen-bond donors (Lipinski definition) is 1. The van der Waals surface area contributed by atoms with E-state index in [-0.39, 0.29) is 0 Å². The molecule has 0 saturated carbocycles. The molecule has 0 saturated heterocycles. The standard InChI is InChI=1S/C19H14N4/c1-3-14(20-9-1)11-16-5-7-18(22-16)13-19-8-6-17(23-19)12-15-4-2-10-21-15/h1-13,20H/b15-12-,16-11-,19-13-. The van der Waals surface area contributed by atoms with Crippen molar-refractivity contribution in [2.24, 2.45) is 15.0 Å². The van der Waals surface area contributed by atoms with Crippen molar-refractivity contribution in [3.05, 3.63) is 89.7 Å². The molecule has 0 unspecified atom stereocenters. The third-order valence-electron chi connectivity index (χ3n) is 3.46. The van der Waals surface area contributed by atoms with Crippen LogP contribution in [-0.4, -0.2) is 22.6 Å². The molecule has 0 spiro atoms. The van der Waals surface area contributed by atoms with Crippen molar-refractivity contribution >= 4 is 23.7 Å². The number of H-pyrrole nitrogens is 1. The summed E-state index contributed by atoms with van der Waals surface area (Å²) < 4.78 is 0. The molecule has 0 radical (unpaired) electrons. The van der Waals surface area contributed by atoms with Crippen LogP contribution in [0.1, 0.15) is 5.69 Å². The Morgan fingerprint density at radius 3 is 2.17 bits per heavy atom. The van der Waals surface area contributed by atoms with E-state index in [1.165, 1.54) is 0 Å². The fourth-order valence-electron chi connectivity index (χ4n) is 2.41. The minimum Gasteiger partial charge on any atom is -0.362 e. The maximum Gasteiger partial charge on any atom is 0.0659 e. The SMILES string of the molecule is C1=C/C(=C/C2=NC(=C\C3=NC(=C\c4ccc[nH]4)/C=C3)/C=C2)N=C1. The molecule has 0 aromatic carbocycles. The zero-order valence-corrected chi connectivity index (χ0v) is 12.3. The smallest absolute Gasteiger partial charge is 0.0659 e. The summed E-state index contributed by atoms with van der Waals surface area (Å²) in [5, 5.41) is 0. The highest BCUT2D eigenvalue weighted by Crippen LogP contribution is 2.17. The van der Waals surface area contributed by atoms with Gasteiger partial charge in [0.1, 0.15) is 0 Å². The Morgan fingerprint density at radius 2 is 1.52 bits per heavy atom. The number of rotatable bonds is 3. The van der Waals surface area contributed by atoms with Gasteiger partial charge in [-0.2, -0.15) is 0 Å². The molecule has 1 aromatic heterocycles. The van der Waals surface area contributed by atoms with Gasteiger partial charge < -0.3 is 4.98 Å². The molecule has 0 fully saturated rings. The van der Waals surface area contributed by atoms with Crippen LogP contribution >= 0.6 is 0 Å². The van der Waals surface area contributed by atoms with Gasteiger partial charge in [0.25, 0.3) is 0 Å². The van der Waals surface area contributed by atoms with E-state index in [2.05, 4.69) is 20.0 Å². The largest absolute Gasteiger partial charge is 0.362 e. The van der Waals surface area contributed by atoms with E-state index in [1.54, 1.807) is 6.21 Å². The van der Waals surface area contributed by atoms with Crippen molar-refractivity contribution in [1.82, 2.24) is 4.98 Å². The van der Waals surface area contributed by atoms with Gasteiger partial charge >= 0.3 is 0 Å². The van der Waals surface area contributed by atoms with Crippen molar-refractivity contribution < 1.29 is 0 Å². The molecule has 0 aliphatic carbocycles. The number of nitrogens with zero attached hydrogens (tertiary/aromatic N) is 3. The molecule has 23 heavy (non-hydrogen) atoms. The molecule has 4 rings (SSSR count). The maximum atomic E-state index is 4.57. The second kappa shape index (κ2) is 5.85. The number of nitrogens with one attached hydrogen (secondary N) is 1. The van der Waals surface area contributed by atoms with Crippen molar-refractivity contribution in [2.75, 3.05) is 0 Å². The molecule has 0 amide bonds. The van der Waals surface area contributed by atoms with Crippen LogP contribution in [0.2, 0.25) is 0 Å². The van der Waals surface area contributed by atoms with Crippen LogP contribution in [0.15, 0.2) is 99.0 Å². The average molecular weight is 298 g/mol. The molecule has 1 N–H and O–H groups in total. The van der Waals surface area contributed by atoms with Gasteiger partial charge in [0.2, 0.25) is 0 Å². The van der Waals surface area contributed by atoms with Crippen LogP contribution in [0.5, 0.6) is 0 Å². The van der Waals surface area contributed by atoms with Gasteiger partial charge in [-0.15, -0.1) is 0 Å². The van der Waals surface area contributed by atoms with E-state index in [0.717, 1.165) is 34.2 Å². The summed E-state index contributed by atoms with van der Waals surface area (Å²) in [5.41, 5.74) is 5.59. The van der Waals surface area contributed by atoms with E-state index in [1.807, 2.05) is 73.0 Å². The predicted octanol–water partition coefficient (Wildman–Crippen LogP) is 3.79. The van der Waals surface area contributed by atoms with Crippen LogP contribution in [0.3, 0.4) is 0 Å². The second-order valence-electron chi connectivity index (χ2n) is 5.21. The number of aromatic nitrogens is 1. The Labute approximate surface area is 134 Å². The van der Waals surface area contributed by atoms with Crippen molar-refractivity contribution in [3.63, 3.8) is 0 Å². The summed E-state index contributed by atoms with van der Waals surface area (Å²) in [5.74, 6) is 0. The second-order valence-corrected chi connectivity index (χ2v) is 5.21. The molecule has 4 heteroatoms. The van der Waals surface area contributed by atoms with E-state index in [9.17, 15) is 0 Å². The van der Waals surface area contributed by atoms with Crippen molar-refractivity contribution in [3.8, 4) is 0 Å². The molecule has 4 nitrogen and oxygen atoms in total. The molecular formula is C19H14N4. The normalized spacial score (nSPS) is 23.7. The van der Waals surface area contributed by atoms with Gasteiger partial charge in [0.05, 0.1) is 28.5 Å². The van der Waals surface area contributed by atoms with Gasteiger partial charge in [0, 0.05) is 18.1 Å². The van der Waals surface area contributed by atoms with Crippen LogP contribution in [0.4, 0.5) is 0 Å². The van der Waals surface area contributed by atoms with E-state index in [4.69, 9.17) is 0 Å². The predicted molar refractivity (Wildman–Crippen MR) is 95.7 cm³/mol. The fraction of sp³-hybridized carbons (Fsp3) is 0. The molecule has 4 heterocycles. The zero-order valence-electron chi connectivity index (χ0n) is 12.3. The highest BCUT2D eigenvalue weighted by molar-refractivity contribution is 6.11. The summed E-state index contributed by atoms with van der Waals surface area (Å²) in [6, 6.07) is 3.98. The number of aromatic amines is 1. The minimum atomic E-state index is 0.896. The number of hydrogen-bond acceptors (Lipinski definition) is 3. The number of aliphatic imine (C=N–C) groups is 3. The Hall–Kier alpha value is -3.27. The Morgan fingerprint density at radius 1 is 0.783 bits per heavy atom. The summed E-state index contributed by atoms with van der Waals surface area (Å²) >= 11 is 0. The van der Waals surface area contributed by atoms with Gasteiger partial charge in [0.15, 0.2) is 0 Å². The van der Waals surface area contributed by atoms with Crippen molar-refractivity contribution in [2.45, 2.75) is 0 Å². The fourth-order valence-corrected chi connectivity index (χ4v) is 2.41. The first-order valence-corrected chi connectivity index (χ1v) is 7.38. The lowest BCUT2D eigenvalue weighted by atomic mass is 10.2. The lowest BCUT2D eigenvalue weighted by molar-refractivity contribution is 1.36. The van der Waals surface area contributed by atoms with Gasteiger partial charge in [-0.1, -0.05) is 0 Å². The third-order valence-corrected chi connectivity index (χ3v) is 3.46. The first-order valence-electron chi connectivity index (χ1n) is 7.38. The molecule has 110 valence electrons. The molecule has 3 aliphatic heterocycles. The molecule has 1 aromatic rings. The van der Waals surface area contributed by atoms with Crippen LogP contribution in [-0.2, 0) is 0 Å². The summed E-state index contributed by atoms with van der Waals surface area (Å²) in [4.78, 5) is 16.5. The molecule has 0 bridgehead atoms. The van der Waals surface area contributed by atoms with Gasteiger partial charge in [-0.05, 0) is 66.8 Å². The Balaban J connectivity index is 1.51. The topological polar surface area (TPSA) is 52.9 Å². The Bertz CT molecular complexity index is 881. The van der Waals surface area contributed by atoms with Crippen molar-refractivity contribution in [1.29, 1.82) is 0 Å². The quantitative estimate of drug-likeness (QED) is 0.883. The first-order chi connectivity index (χ1) is 11.3. The van der Waals surface area contributed by atoms with E-state index < -0.39 is 0 Å². The van der Waals surface area contributed by atoms with Gasteiger partial charge in [-0.25, -0.2) is 9.98 Å². The van der Waals surface area contributed by atoms with Crippen LogP contribution in [0.25, 0.3) is 6.08 Å². The van der Waals surface area contributed by atoms with Crippen LogP contribution in [0, 0.1) is 0 Å². The molecule has 3 aliphatic rings. The average Bonchev–Trinajstić information content (AvgIpc) is 3.31. The Kier molecular flexibility index (Phi) is 3.41. The highest BCUT2D eigenvalue weighted by Gasteiger charge is 2.07. The summed E-state index contributed by atoms with van der Waals surface area (Å²) in [6.45, 7) is 0. The lowest BCUT2D eigenvalue weighted by Crippen LogP contribution is -1.86. The van der Waals surface area contributed by atoms with E-state index in [0.29, 0.717) is 0 Å². The summed E-state index contributed by atoms with van der Waals surface area (Å²) in [7, 11) is 0. The van der Waals surface area contributed by atoms with Crippen LogP contribution < -0.4 is 0 Å². The monoisotopic (exact) mass is 298 g/mol. The number of allylic oxidation sites excluding steroid dienone is 8.